The van der Waals surface area contributed by atoms with Crippen molar-refractivity contribution in [2.24, 2.45) is 5.92 Å². The molecule has 1 aliphatic rings. The molecule has 0 unspecified atom stereocenters. The van der Waals surface area contributed by atoms with Gasteiger partial charge in [-0.2, -0.15) is 0 Å². The molecule has 0 radical (unpaired) electrons. The third-order valence-electron chi connectivity index (χ3n) is 7.75. The van der Waals surface area contributed by atoms with Crippen LogP contribution in [0.25, 0.3) is 0 Å². The van der Waals surface area contributed by atoms with Gasteiger partial charge in [-0.15, -0.1) is 6.58 Å². The lowest BCUT2D eigenvalue weighted by molar-refractivity contribution is -0.153. The molecule has 0 aromatic heterocycles. The molecular formula is C35H46O4Si. The summed E-state index contributed by atoms with van der Waals surface area (Å²) < 4.78 is 26.4. The van der Waals surface area contributed by atoms with Crippen molar-refractivity contribution in [1.29, 1.82) is 0 Å². The average molecular weight is 559 g/mol. The normalized spacial score (nSPS) is 20.6. The van der Waals surface area contributed by atoms with Crippen molar-refractivity contribution in [3.05, 3.63) is 109 Å². The van der Waals surface area contributed by atoms with Gasteiger partial charge in [-0.25, -0.2) is 0 Å². The lowest BCUT2D eigenvalue weighted by Gasteiger charge is -2.45. The highest BCUT2D eigenvalue weighted by atomic mass is 28.4. The Bertz CT molecular complexity index is 1150. The molecule has 0 saturated carbocycles. The summed E-state index contributed by atoms with van der Waals surface area (Å²) in [5, 5.41) is 2.38. The number of benzene rings is 3. The van der Waals surface area contributed by atoms with Crippen LogP contribution >= 0.6 is 0 Å². The fourth-order valence-electron chi connectivity index (χ4n) is 5.90. The van der Waals surface area contributed by atoms with E-state index in [2.05, 4.69) is 107 Å². The van der Waals surface area contributed by atoms with Gasteiger partial charge in [-0.1, -0.05) is 125 Å². The second-order valence-electron chi connectivity index (χ2n) is 12.4. The number of hydrogen-bond acceptors (Lipinski definition) is 4. The molecule has 0 bridgehead atoms. The van der Waals surface area contributed by atoms with Gasteiger partial charge in [-0.05, 0) is 34.8 Å². The van der Waals surface area contributed by atoms with Gasteiger partial charge in [0.2, 0.25) is 0 Å². The molecule has 0 N–H and O–H groups in total. The average Bonchev–Trinajstić information content (AvgIpc) is 3.25. The fourth-order valence-corrected chi connectivity index (χ4v) is 10.6. The smallest absolute Gasteiger partial charge is 0.261 e. The molecule has 1 saturated heterocycles. The van der Waals surface area contributed by atoms with Gasteiger partial charge < -0.3 is 18.6 Å². The molecular weight excluding hydrogens is 512 g/mol. The summed E-state index contributed by atoms with van der Waals surface area (Å²) in [6, 6.07) is 31.7. The van der Waals surface area contributed by atoms with E-state index in [1.54, 1.807) is 0 Å². The van der Waals surface area contributed by atoms with Crippen molar-refractivity contribution >= 4 is 18.7 Å². The van der Waals surface area contributed by atoms with Crippen molar-refractivity contribution in [3.8, 4) is 0 Å². The lowest BCUT2D eigenvalue weighted by atomic mass is 9.96. The van der Waals surface area contributed by atoms with Gasteiger partial charge >= 0.3 is 0 Å². The molecule has 1 heterocycles. The Hall–Kier alpha value is -2.54. The Morgan fingerprint density at radius 2 is 1.40 bits per heavy atom. The highest BCUT2D eigenvalue weighted by Gasteiger charge is 2.52. The minimum absolute atomic E-state index is 0.115. The van der Waals surface area contributed by atoms with E-state index < -0.39 is 14.1 Å². The first-order chi connectivity index (χ1) is 19.1. The summed E-state index contributed by atoms with van der Waals surface area (Å²) in [7, 11) is -2.74. The van der Waals surface area contributed by atoms with Gasteiger partial charge in [0.15, 0.2) is 5.79 Å². The Balaban J connectivity index is 1.57. The Kier molecular flexibility index (Phi) is 9.86. The van der Waals surface area contributed by atoms with E-state index in [4.69, 9.17) is 18.6 Å². The zero-order chi connectivity index (χ0) is 28.8. The van der Waals surface area contributed by atoms with Crippen molar-refractivity contribution < 1.29 is 18.6 Å². The summed E-state index contributed by atoms with van der Waals surface area (Å²) in [6.45, 7) is 18.4. The molecule has 1 fully saturated rings. The molecule has 4 atom stereocenters. The topological polar surface area (TPSA) is 36.9 Å². The van der Waals surface area contributed by atoms with E-state index in [9.17, 15) is 0 Å². The van der Waals surface area contributed by atoms with Crippen LogP contribution in [0.5, 0.6) is 0 Å². The first-order valence-electron chi connectivity index (χ1n) is 14.4. The minimum atomic E-state index is -2.74. The summed E-state index contributed by atoms with van der Waals surface area (Å²) in [4.78, 5) is 0. The molecule has 214 valence electrons. The molecule has 3 aromatic rings. The third kappa shape index (κ3) is 7.02. The van der Waals surface area contributed by atoms with Crippen LogP contribution in [0.4, 0.5) is 0 Å². The van der Waals surface area contributed by atoms with Crippen molar-refractivity contribution in [2.75, 3.05) is 6.61 Å². The van der Waals surface area contributed by atoms with Crippen LogP contribution in [0, 0.1) is 5.92 Å². The minimum Gasteiger partial charge on any atom is -0.401 e. The van der Waals surface area contributed by atoms with E-state index in [0.717, 1.165) is 0 Å². The number of hydrogen-bond donors (Lipinski definition) is 0. The molecule has 4 rings (SSSR count). The van der Waals surface area contributed by atoms with Crippen LogP contribution in [-0.2, 0) is 25.2 Å². The molecule has 5 heteroatoms. The van der Waals surface area contributed by atoms with Crippen molar-refractivity contribution in [2.45, 2.75) is 83.7 Å². The predicted octanol–water partition coefficient (Wildman–Crippen LogP) is 6.88. The SMILES string of the molecule is C=C[C@@H](C[C@@H]1OC(C)(C)O[C@H]1[C@@H](C)COCc1ccccc1)O[Si](c1ccccc1)(c1ccccc1)C(C)(C)C. The van der Waals surface area contributed by atoms with Crippen molar-refractivity contribution in [1.82, 2.24) is 0 Å². The maximum absolute atomic E-state index is 7.38. The summed E-state index contributed by atoms with van der Waals surface area (Å²) >= 11 is 0. The van der Waals surface area contributed by atoms with E-state index in [1.807, 2.05) is 38.1 Å². The first-order valence-corrected chi connectivity index (χ1v) is 16.4. The highest BCUT2D eigenvalue weighted by molar-refractivity contribution is 6.99. The molecule has 0 amide bonds. The van der Waals surface area contributed by atoms with Gasteiger partial charge in [-0.3, -0.25) is 0 Å². The maximum atomic E-state index is 7.38. The lowest BCUT2D eigenvalue weighted by Crippen LogP contribution is -2.67. The van der Waals surface area contributed by atoms with E-state index in [-0.39, 0.29) is 29.3 Å². The zero-order valence-corrected chi connectivity index (χ0v) is 26.0. The molecule has 1 aliphatic heterocycles. The third-order valence-corrected chi connectivity index (χ3v) is 12.8. The van der Waals surface area contributed by atoms with Crippen LogP contribution < -0.4 is 10.4 Å². The number of ether oxygens (including phenoxy) is 3. The molecule has 0 aliphatic carbocycles. The van der Waals surface area contributed by atoms with Gasteiger partial charge in [0.25, 0.3) is 8.32 Å². The van der Waals surface area contributed by atoms with Crippen LogP contribution in [0.1, 0.15) is 53.5 Å². The second kappa shape index (κ2) is 13.0. The summed E-state index contributed by atoms with van der Waals surface area (Å²) in [5.41, 5.74) is 1.17. The molecule has 3 aromatic carbocycles. The Morgan fingerprint density at radius 1 is 0.875 bits per heavy atom. The molecule has 4 nitrogen and oxygen atoms in total. The quantitative estimate of drug-likeness (QED) is 0.179. The summed E-state index contributed by atoms with van der Waals surface area (Å²) in [6.07, 6.45) is 2.13. The standard InChI is InChI=1S/C35H46O4Si/c1-8-29(39-40(34(3,4)5,30-20-14-10-15-21-30)31-22-16-11-17-23-31)24-32-33(38-35(6,7)37-32)27(2)25-36-26-28-18-12-9-13-19-28/h8-23,27,29,32-33H,1,24-26H2,2-7H3/t27-,29-,32-,33-/m0/s1. The molecule has 40 heavy (non-hydrogen) atoms. The van der Waals surface area contributed by atoms with Crippen LogP contribution in [-0.4, -0.2) is 39.0 Å². The van der Waals surface area contributed by atoms with Gasteiger partial charge in [0.1, 0.15) is 0 Å². The van der Waals surface area contributed by atoms with Crippen LogP contribution in [0.2, 0.25) is 5.04 Å². The van der Waals surface area contributed by atoms with Crippen LogP contribution in [0.3, 0.4) is 0 Å². The fraction of sp³-hybridized carbons (Fsp3) is 0.429. The van der Waals surface area contributed by atoms with E-state index in [0.29, 0.717) is 19.6 Å². The van der Waals surface area contributed by atoms with Gasteiger partial charge in [0, 0.05) is 12.3 Å². The second-order valence-corrected chi connectivity index (χ2v) is 16.7. The van der Waals surface area contributed by atoms with Crippen molar-refractivity contribution in [3.63, 3.8) is 0 Å². The largest absolute Gasteiger partial charge is 0.401 e. The van der Waals surface area contributed by atoms with E-state index in [1.165, 1.54) is 15.9 Å². The first kappa shape index (κ1) is 30.4. The Morgan fingerprint density at radius 3 is 1.90 bits per heavy atom. The Labute approximate surface area is 242 Å². The highest BCUT2D eigenvalue weighted by Crippen LogP contribution is 2.40. The van der Waals surface area contributed by atoms with E-state index >= 15 is 0 Å². The molecule has 0 spiro atoms. The van der Waals surface area contributed by atoms with Gasteiger partial charge in [0.05, 0.1) is 31.5 Å². The number of rotatable bonds is 12. The predicted molar refractivity (Wildman–Crippen MR) is 166 cm³/mol. The monoisotopic (exact) mass is 558 g/mol. The maximum Gasteiger partial charge on any atom is 0.261 e. The zero-order valence-electron chi connectivity index (χ0n) is 25.0. The van der Waals surface area contributed by atoms with Crippen LogP contribution in [0.15, 0.2) is 104 Å². The summed E-state index contributed by atoms with van der Waals surface area (Å²) in [5.74, 6) is -0.527.